The molecule has 2 heterocycles. The number of benzene rings is 2. The lowest BCUT2D eigenvalue weighted by Crippen LogP contribution is -2.43. The predicted octanol–water partition coefficient (Wildman–Crippen LogP) is 4.95. The van der Waals surface area contributed by atoms with Crippen molar-refractivity contribution in [3.63, 3.8) is 0 Å². The molecule has 0 saturated carbocycles. The van der Waals surface area contributed by atoms with E-state index in [-0.39, 0.29) is 5.91 Å². The Morgan fingerprint density at radius 1 is 1.16 bits per heavy atom. The SMILES string of the molecule is CCSc1ccc(C(=O)N(CCN2CCOCC2)c2nc3c(CC)cccc3s2)cc1. The van der Waals surface area contributed by atoms with E-state index in [0.717, 1.165) is 60.4 Å². The van der Waals surface area contributed by atoms with Crippen LogP contribution in [0.1, 0.15) is 29.8 Å². The lowest BCUT2D eigenvalue weighted by molar-refractivity contribution is 0.0391. The van der Waals surface area contributed by atoms with Crippen LogP contribution in [0, 0.1) is 0 Å². The quantitative estimate of drug-likeness (QED) is 0.450. The average Bonchev–Trinajstić information content (AvgIpc) is 3.24. The number of aryl methyl sites for hydroxylation is 1. The maximum absolute atomic E-state index is 13.6. The van der Waals surface area contributed by atoms with Crippen LogP contribution in [0.15, 0.2) is 47.4 Å². The number of aromatic nitrogens is 1. The molecule has 164 valence electrons. The summed E-state index contributed by atoms with van der Waals surface area (Å²) in [6.07, 6.45) is 0.929. The number of amides is 1. The van der Waals surface area contributed by atoms with Gasteiger partial charge in [0.05, 0.1) is 23.4 Å². The van der Waals surface area contributed by atoms with Gasteiger partial charge >= 0.3 is 0 Å². The summed E-state index contributed by atoms with van der Waals surface area (Å²) in [5.74, 6) is 1.03. The first-order valence-electron chi connectivity index (χ1n) is 10.9. The number of carbonyl (C=O) groups excluding carboxylic acids is 1. The number of rotatable bonds is 8. The molecule has 0 aliphatic carbocycles. The summed E-state index contributed by atoms with van der Waals surface area (Å²) in [5.41, 5.74) is 2.95. The Morgan fingerprint density at radius 2 is 1.94 bits per heavy atom. The summed E-state index contributed by atoms with van der Waals surface area (Å²) in [5, 5.41) is 0.779. The molecule has 7 heteroatoms. The van der Waals surface area contributed by atoms with Crippen molar-refractivity contribution in [3.8, 4) is 0 Å². The molecule has 0 atom stereocenters. The van der Waals surface area contributed by atoms with Crippen LogP contribution >= 0.6 is 23.1 Å². The monoisotopic (exact) mass is 455 g/mol. The third-order valence-corrected chi connectivity index (χ3v) is 7.44. The minimum absolute atomic E-state index is 0.0124. The highest BCUT2D eigenvalue weighted by Crippen LogP contribution is 2.32. The molecular weight excluding hydrogens is 426 g/mol. The van der Waals surface area contributed by atoms with Gasteiger partial charge in [-0.2, -0.15) is 0 Å². The number of thiazole rings is 1. The van der Waals surface area contributed by atoms with Crippen molar-refractivity contribution < 1.29 is 9.53 Å². The van der Waals surface area contributed by atoms with E-state index in [2.05, 4.69) is 36.9 Å². The largest absolute Gasteiger partial charge is 0.379 e. The van der Waals surface area contributed by atoms with Crippen LogP contribution in [0.5, 0.6) is 0 Å². The molecule has 1 aromatic heterocycles. The molecule has 1 fully saturated rings. The van der Waals surface area contributed by atoms with Crippen molar-refractivity contribution in [3.05, 3.63) is 53.6 Å². The van der Waals surface area contributed by atoms with E-state index in [9.17, 15) is 4.79 Å². The van der Waals surface area contributed by atoms with Gasteiger partial charge in [0.15, 0.2) is 5.13 Å². The second-order valence-electron chi connectivity index (χ2n) is 7.48. The van der Waals surface area contributed by atoms with Crippen molar-refractivity contribution >= 4 is 44.4 Å². The molecule has 1 saturated heterocycles. The number of hydrogen-bond acceptors (Lipinski definition) is 6. The van der Waals surface area contributed by atoms with E-state index in [1.807, 2.05) is 29.2 Å². The highest BCUT2D eigenvalue weighted by Gasteiger charge is 2.23. The van der Waals surface area contributed by atoms with E-state index in [1.165, 1.54) is 10.5 Å². The minimum atomic E-state index is 0.0124. The molecule has 31 heavy (non-hydrogen) atoms. The molecule has 1 amide bonds. The fourth-order valence-corrected chi connectivity index (χ4v) is 5.46. The number of anilines is 1. The number of fused-ring (bicyclic) bond motifs is 1. The van der Waals surface area contributed by atoms with Gasteiger partial charge in [0, 0.05) is 36.6 Å². The molecule has 0 bridgehead atoms. The molecular formula is C24H29N3O2S2. The Balaban J connectivity index is 1.62. The average molecular weight is 456 g/mol. The molecule has 0 radical (unpaired) electrons. The summed E-state index contributed by atoms with van der Waals surface area (Å²) in [6.45, 7) is 9.04. The number of para-hydroxylation sites is 1. The minimum Gasteiger partial charge on any atom is -0.379 e. The van der Waals surface area contributed by atoms with Crippen molar-refractivity contribution in [1.29, 1.82) is 0 Å². The Kier molecular flexibility index (Phi) is 7.61. The summed E-state index contributed by atoms with van der Waals surface area (Å²) in [7, 11) is 0. The summed E-state index contributed by atoms with van der Waals surface area (Å²) in [6, 6.07) is 14.2. The van der Waals surface area contributed by atoms with Crippen molar-refractivity contribution in [2.75, 3.05) is 50.0 Å². The van der Waals surface area contributed by atoms with Crippen molar-refractivity contribution in [2.24, 2.45) is 0 Å². The number of thioether (sulfide) groups is 1. The zero-order valence-corrected chi connectivity index (χ0v) is 19.8. The normalized spacial score (nSPS) is 14.8. The van der Waals surface area contributed by atoms with E-state index in [4.69, 9.17) is 9.72 Å². The smallest absolute Gasteiger partial charge is 0.260 e. The van der Waals surface area contributed by atoms with Gasteiger partial charge in [0.25, 0.3) is 5.91 Å². The number of carbonyl (C=O) groups is 1. The summed E-state index contributed by atoms with van der Waals surface area (Å²) < 4.78 is 6.60. The third kappa shape index (κ3) is 5.29. The van der Waals surface area contributed by atoms with Crippen LogP contribution in [-0.2, 0) is 11.2 Å². The van der Waals surface area contributed by atoms with Gasteiger partial charge in [-0.3, -0.25) is 14.6 Å². The third-order valence-electron chi connectivity index (χ3n) is 5.50. The van der Waals surface area contributed by atoms with Crippen LogP contribution in [0.25, 0.3) is 10.2 Å². The van der Waals surface area contributed by atoms with Crippen molar-refractivity contribution in [2.45, 2.75) is 25.2 Å². The fraction of sp³-hybridized carbons (Fsp3) is 0.417. The van der Waals surface area contributed by atoms with Crippen LogP contribution in [-0.4, -0.2) is 60.9 Å². The molecule has 1 aliphatic heterocycles. The first-order valence-corrected chi connectivity index (χ1v) is 12.7. The highest BCUT2D eigenvalue weighted by molar-refractivity contribution is 7.99. The Morgan fingerprint density at radius 3 is 2.65 bits per heavy atom. The highest BCUT2D eigenvalue weighted by atomic mass is 32.2. The molecule has 0 N–H and O–H groups in total. The van der Waals surface area contributed by atoms with E-state index in [0.29, 0.717) is 12.1 Å². The van der Waals surface area contributed by atoms with Gasteiger partial charge in [-0.05, 0) is 48.1 Å². The van der Waals surface area contributed by atoms with E-state index in [1.54, 1.807) is 23.1 Å². The standard InChI is InChI=1S/C24H29N3O2S2/c1-3-18-6-5-7-21-22(18)25-24(31-21)27(13-12-26-14-16-29-17-15-26)23(28)19-8-10-20(11-9-19)30-4-2/h5-11H,3-4,12-17H2,1-2H3. The first-order chi connectivity index (χ1) is 15.2. The maximum Gasteiger partial charge on any atom is 0.260 e. The Hall–Kier alpha value is -1.93. The lowest BCUT2D eigenvalue weighted by Gasteiger charge is -2.29. The van der Waals surface area contributed by atoms with Crippen molar-refractivity contribution in [1.82, 2.24) is 9.88 Å². The summed E-state index contributed by atoms with van der Waals surface area (Å²) >= 11 is 3.39. The summed E-state index contributed by atoms with van der Waals surface area (Å²) in [4.78, 5) is 23.9. The molecule has 1 aliphatic rings. The maximum atomic E-state index is 13.6. The molecule has 4 rings (SSSR count). The lowest BCUT2D eigenvalue weighted by atomic mass is 10.1. The molecule has 5 nitrogen and oxygen atoms in total. The van der Waals surface area contributed by atoms with Crippen LogP contribution < -0.4 is 4.90 Å². The Bertz CT molecular complexity index is 1010. The second-order valence-corrected chi connectivity index (χ2v) is 9.83. The zero-order chi connectivity index (χ0) is 21.6. The number of ether oxygens (including phenoxy) is 1. The van der Waals surface area contributed by atoms with Crippen LogP contribution in [0.4, 0.5) is 5.13 Å². The molecule has 0 unspecified atom stereocenters. The second kappa shape index (κ2) is 10.6. The fourth-order valence-electron chi connectivity index (χ4n) is 3.76. The molecule has 3 aromatic rings. The van der Waals surface area contributed by atoms with E-state index >= 15 is 0 Å². The number of morpholine rings is 1. The van der Waals surface area contributed by atoms with Gasteiger partial charge < -0.3 is 4.74 Å². The molecule has 2 aromatic carbocycles. The van der Waals surface area contributed by atoms with Gasteiger partial charge in [-0.1, -0.05) is 37.3 Å². The van der Waals surface area contributed by atoms with Gasteiger partial charge in [0.1, 0.15) is 0 Å². The van der Waals surface area contributed by atoms with Gasteiger partial charge in [0.2, 0.25) is 0 Å². The molecule has 0 spiro atoms. The number of nitrogens with zero attached hydrogens (tertiary/aromatic N) is 3. The Labute approximate surface area is 192 Å². The number of hydrogen-bond donors (Lipinski definition) is 0. The van der Waals surface area contributed by atoms with Crippen LogP contribution in [0.3, 0.4) is 0 Å². The van der Waals surface area contributed by atoms with E-state index < -0.39 is 0 Å². The first kappa shape index (κ1) is 22.3. The zero-order valence-electron chi connectivity index (χ0n) is 18.2. The predicted molar refractivity (Wildman–Crippen MR) is 131 cm³/mol. The van der Waals surface area contributed by atoms with Gasteiger partial charge in [-0.15, -0.1) is 11.8 Å². The van der Waals surface area contributed by atoms with Crippen LogP contribution in [0.2, 0.25) is 0 Å². The topological polar surface area (TPSA) is 45.7 Å². The van der Waals surface area contributed by atoms with Gasteiger partial charge in [-0.25, -0.2) is 4.98 Å².